The maximum Gasteiger partial charge on any atom is 0.150 e. The Bertz CT molecular complexity index is 286. The van der Waals surface area contributed by atoms with Crippen LogP contribution >= 0.6 is 0 Å². The summed E-state index contributed by atoms with van der Waals surface area (Å²) in [7, 11) is -2.83. The molecule has 0 atom stereocenters. The van der Waals surface area contributed by atoms with Gasteiger partial charge in [-0.05, 0) is 33.4 Å². The van der Waals surface area contributed by atoms with Gasteiger partial charge in [0.1, 0.15) is 9.84 Å². The van der Waals surface area contributed by atoms with Crippen molar-refractivity contribution in [2.75, 3.05) is 31.1 Å². The van der Waals surface area contributed by atoms with Gasteiger partial charge in [0, 0.05) is 17.8 Å². The molecule has 0 aromatic rings. The van der Waals surface area contributed by atoms with Gasteiger partial charge in [0.15, 0.2) is 0 Å². The first-order valence-electron chi connectivity index (χ1n) is 5.94. The van der Waals surface area contributed by atoms with Crippen molar-refractivity contribution in [1.29, 1.82) is 0 Å². The van der Waals surface area contributed by atoms with Crippen LogP contribution in [0.5, 0.6) is 0 Å². The van der Waals surface area contributed by atoms with Crippen LogP contribution in [-0.2, 0) is 9.84 Å². The van der Waals surface area contributed by atoms with Crippen LogP contribution in [-0.4, -0.2) is 50.0 Å². The van der Waals surface area contributed by atoms with Crippen molar-refractivity contribution in [2.45, 2.75) is 39.7 Å². The van der Waals surface area contributed by atoms with E-state index < -0.39 is 9.84 Å². The van der Waals surface area contributed by atoms with E-state index >= 15 is 0 Å². The van der Waals surface area contributed by atoms with E-state index in [1.165, 1.54) is 0 Å². The molecular formula is C11H26N2O2S. The van der Waals surface area contributed by atoms with Crippen LogP contribution in [0.3, 0.4) is 0 Å². The average Bonchev–Trinajstić information content (AvgIpc) is 2.24. The van der Waals surface area contributed by atoms with E-state index in [1.807, 2.05) is 0 Å². The predicted molar refractivity (Wildman–Crippen MR) is 69.3 cm³/mol. The van der Waals surface area contributed by atoms with Crippen molar-refractivity contribution in [3.63, 3.8) is 0 Å². The monoisotopic (exact) mass is 250 g/mol. The highest BCUT2D eigenvalue weighted by Gasteiger charge is 2.23. The molecule has 98 valence electrons. The Labute approximate surface area is 100 Å². The molecule has 5 heteroatoms. The number of sulfone groups is 1. The van der Waals surface area contributed by atoms with Crippen molar-refractivity contribution < 1.29 is 8.42 Å². The number of nitrogens with zero attached hydrogens (tertiary/aromatic N) is 1. The number of hydrogen-bond acceptors (Lipinski definition) is 4. The quantitative estimate of drug-likeness (QED) is 0.694. The highest BCUT2D eigenvalue weighted by atomic mass is 32.2. The van der Waals surface area contributed by atoms with Crippen molar-refractivity contribution in [3.8, 4) is 0 Å². The molecule has 0 heterocycles. The lowest BCUT2D eigenvalue weighted by molar-refractivity contribution is 0.135. The maximum atomic E-state index is 11.3. The minimum Gasteiger partial charge on any atom is -0.329 e. The molecule has 0 aromatic heterocycles. The number of nitrogens with two attached hydrogens (primary N) is 1. The van der Waals surface area contributed by atoms with E-state index in [0.29, 0.717) is 13.0 Å². The second-order valence-electron chi connectivity index (χ2n) is 4.69. The van der Waals surface area contributed by atoms with Crippen molar-refractivity contribution in [1.82, 2.24) is 4.90 Å². The third-order valence-electron chi connectivity index (χ3n) is 3.06. The zero-order valence-electron chi connectivity index (χ0n) is 11.0. The Morgan fingerprint density at radius 1 is 1.25 bits per heavy atom. The molecule has 0 unspecified atom stereocenters. The van der Waals surface area contributed by atoms with Crippen molar-refractivity contribution >= 4 is 9.84 Å². The molecule has 0 bridgehead atoms. The lowest BCUT2D eigenvalue weighted by atomic mass is 10.0. The highest BCUT2D eigenvalue weighted by molar-refractivity contribution is 7.91. The molecule has 0 radical (unpaired) electrons. The number of hydrogen-bond donors (Lipinski definition) is 1. The smallest absolute Gasteiger partial charge is 0.150 e. The van der Waals surface area contributed by atoms with E-state index in [4.69, 9.17) is 5.73 Å². The molecule has 4 nitrogen and oxygen atoms in total. The predicted octanol–water partition coefficient (Wildman–Crippen LogP) is 0.870. The molecule has 0 rings (SSSR count). The van der Waals surface area contributed by atoms with Crippen LogP contribution in [0.1, 0.15) is 34.1 Å². The molecule has 0 spiro atoms. The summed E-state index contributed by atoms with van der Waals surface area (Å²) in [5.74, 6) is 0.514. The van der Waals surface area contributed by atoms with Gasteiger partial charge in [-0.15, -0.1) is 0 Å². The fraction of sp³-hybridized carbons (Fsp3) is 1.00. The van der Waals surface area contributed by atoms with Crippen molar-refractivity contribution in [2.24, 2.45) is 5.73 Å². The Hall–Kier alpha value is -0.130. The number of likely N-dealkylation sites (N-methyl/N-ethyl adjacent to an activating group) is 1. The summed E-state index contributed by atoms with van der Waals surface area (Å²) in [4.78, 5) is 2.23. The van der Waals surface area contributed by atoms with Crippen LogP contribution in [0.4, 0.5) is 0 Å². The van der Waals surface area contributed by atoms with Crippen LogP contribution < -0.4 is 5.73 Å². The van der Waals surface area contributed by atoms with Gasteiger partial charge in [-0.3, -0.25) is 4.90 Å². The molecule has 0 aliphatic carbocycles. The van der Waals surface area contributed by atoms with E-state index in [1.54, 1.807) is 6.92 Å². The fourth-order valence-corrected chi connectivity index (χ4v) is 2.50. The van der Waals surface area contributed by atoms with Gasteiger partial charge in [-0.1, -0.05) is 13.8 Å². The van der Waals surface area contributed by atoms with E-state index in [0.717, 1.165) is 13.1 Å². The van der Waals surface area contributed by atoms with Gasteiger partial charge in [-0.25, -0.2) is 8.42 Å². The molecule has 0 saturated heterocycles. The van der Waals surface area contributed by atoms with Gasteiger partial charge in [0.25, 0.3) is 0 Å². The van der Waals surface area contributed by atoms with Crippen molar-refractivity contribution in [3.05, 3.63) is 0 Å². The average molecular weight is 250 g/mol. The normalized spacial score (nSPS) is 13.4. The van der Waals surface area contributed by atoms with Gasteiger partial charge >= 0.3 is 0 Å². The zero-order valence-corrected chi connectivity index (χ0v) is 11.8. The Kier molecular flexibility index (Phi) is 6.51. The summed E-state index contributed by atoms with van der Waals surface area (Å²) in [5.41, 5.74) is 5.66. The third kappa shape index (κ3) is 5.27. The molecule has 0 aliphatic rings. The third-order valence-corrected chi connectivity index (χ3v) is 4.85. The van der Waals surface area contributed by atoms with E-state index in [2.05, 4.69) is 25.7 Å². The second-order valence-corrected chi connectivity index (χ2v) is 7.16. The molecule has 0 amide bonds. The molecule has 0 aliphatic heterocycles. The molecule has 0 fully saturated rings. The largest absolute Gasteiger partial charge is 0.329 e. The standard InChI is InChI=1S/C11H26N2O2S/c1-5-13(11(3,4)10-12)8-7-9-16(14,15)6-2/h5-10,12H2,1-4H3. The van der Waals surface area contributed by atoms with Crippen LogP contribution in [0.15, 0.2) is 0 Å². The second kappa shape index (κ2) is 6.57. The van der Waals surface area contributed by atoms with E-state index in [9.17, 15) is 8.42 Å². The summed E-state index contributed by atoms with van der Waals surface area (Å²) in [6.45, 7) is 10.2. The summed E-state index contributed by atoms with van der Waals surface area (Å²) < 4.78 is 22.7. The van der Waals surface area contributed by atoms with Gasteiger partial charge in [0.2, 0.25) is 0 Å². The minimum atomic E-state index is -2.83. The Morgan fingerprint density at radius 3 is 2.19 bits per heavy atom. The number of rotatable bonds is 8. The van der Waals surface area contributed by atoms with Crippen LogP contribution in [0.25, 0.3) is 0 Å². The summed E-state index contributed by atoms with van der Waals surface area (Å²) >= 11 is 0. The minimum absolute atomic E-state index is 0.0509. The summed E-state index contributed by atoms with van der Waals surface area (Å²) in [5, 5.41) is 0. The molecule has 2 N–H and O–H groups in total. The SMILES string of the molecule is CCN(CCCS(=O)(=O)CC)C(C)(C)CN. The topological polar surface area (TPSA) is 63.4 Å². The first-order chi connectivity index (χ1) is 7.29. The van der Waals surface area contributed by atoms with Gasteiger partial charge < -0.3 is 5.73 Å². The lowest BCUT2D eigenvalue weighted by Gasteiger charge is -2.37. The first kappa shape index (κ1) is 15.9. The zero-order chi connectivity index (χ0) is 12.8. The Morgan fingerprint density at radius 2 is 1.81 bits per heavy atom. The fourth-order valence-electron chi connectivity index (χ4n) is 1.64. The Balaban J connectivity index is 4.18. The van der Waals surface area contributed by atoms with Crippen LogP contribution in [0.2, 0.25) is 0 Å². The molecule has 16 heavy (non-hydrogen) atoms. The highest BCUT2D eigenvalue weighted by Crippen LogP contribution is 2.12. The maximum absolute atomic E-state index is 11.3. The van der Waals surface area contributed by atoms with E-state index in [-0.39, 0.29) is 17.0 Å². The first-order valence-corrected chi connectivity index (χ1v) is 7.76. The molecule has 0 saturated carbocycles. The van der Waals surface area contributed by atoms with Gasteiger partial charge in [-0.2, -0.15) is 0 Å². The summed E-state index contributed by atoms with van der Waals surface area (Å²) in [6.07, 6.45) is 0.688. The lowest BCUT2D eigenvalue weighted by Crippen LogP contribution is -2.49. The summed E-state index contributed by atoms with van der Waals surface area (Å²) in [6, 6.07) is 0. The molecule has 0 aromatic carbocycles. The molecular weight excluding hydrogens is 224 g/mol. The van der Waals surface area contributed by atoms with Crippen LogP contribution in [0, 0.1) is 0 Å². The van der Waals surface area contributed by atoms with Gasteiger partial charge in [0.05, 0.1) is 5.75 Å².